The van der Waals surface area contributed by atoms with Crippen LogP contribution in [-0.2, 0) is 11.3 Å². The number of amides is 1. The van der Waals surface area contributed by atoms with Crippen molar-refractivity contribution in [1.82, 2.24) is 4.57 Å². The van der Waals surface area contributed by atoms with E-state index in [-0.39, 0.29) is 23.1 Å². The number of rotatable bonds is 4. The second kappa shape index (κ2) is 6.49. The molecule has 7 heteroatoms. The van der Waals surface area contributed by atoms with Gasteiger partial charge in [0.15, 0.2) is 0 Å². The first-order chi connectivity index (χ1) is 11.9. The van der Waals surface area contributed by atoms with Gasteiger partial charge in [-0.3, -0.25) is 9.59 Å². The van der Waals surface area contributed by atoms with Gasteiger partial charge in [0, 0.05) is 28.9 Å². The number of hydrogen-bond donors (Lipinski definition) is 2. The Morgan fingerprint density at radius 1 is 1.32 bits per heavy atom. The highest BCUT2D eigenvalue weighted by Crippen LogP contribution is 2.30. The maximum atomic E-state index is 12.9. The van der Waals surface area contributed by atoms with Crippen LogP contribution in [0.25, 0.3) is 22.0 Å². The highest BCUT2D eigenvalue weighted by molar-refractivity contribution is 6.30. The summed E-state index contributed by atoms with van der Waals surface area (Å²) in [6.45, 7) is -0.156. The van der Waals surface area contributed by atoms with Gasteiger partial charge >= 0.3 is 0 Å². The number of carbonyl (C=O) groups excluding carboxylic acids is 1. The van der Waals surface area contributed by atoms with E-state index in [1.807, 2.05) is 0 Å². The summed E-state index contributed by atoms with van der Waals surface area (Å²) in [4.78, 5) is 24.4. The van der Waals surface area contributed by atoms with Gasteiger partial charge in [-0.05, 0) is 17.7 Å². The van der Waals surface area contributed by atoms with Crippen molar-refractivity contribution < 1.29 is 14.6 Å². The summed E-state index contributed by atoms with van der Waals surface area (Å²) in [6, 6.07) is 9.69. The fourth-order valence-electron chi connectivity index (χ4n) is 2.74. The van der Waals surface area contributed by atoms with Crippen LogP contribution in [0.3, 0.4) is 0 Å². The van der Waals surface area contributed by atoms with E-state index in [2.05, 4.69) is 0 Å². The standard InChI is InChI=1S/C18H15ClN2O4/c1-25-12-6-14-17(15(22)7-12)18(24)13(8-21(14)9-16(20)23)10-3-2-4-11(19)5-10/h2-8,22H,9H2,1H3,(H2,20,23). The van der Waals surface area contributed by atoms with Gasteiger partial charge in [0.1, 0.15) is 18.0 Å². The van der Waals surface area contributed by atoms with Gasteiger partial charge in [0.25, 0.3) is 0 Å². The molecule has 0 saturated heterocycles. The Hall–Kier alpha value is -2.99. The molecule has 1 heterocycles. The maximum absolute atomic E-state index is 12.9. The number of fused-ring (bicyclic) bond motifs is 1. The minimum Gasteiger partial charge on any atom is -0.507 e. The monoisotopic (exact) mass is 358 g/mol. The van der Waals surface area contributed by atoms with Crippen LogP contribution >= 0.6 is 11.6 Å². The quantitative estimate of drug-likeness (QED) is 0.749. The van der Waals surface area contributed by atoms with E-state index in [4.69, 9.17) is 22.1 Å². The predicted octanol–water partition coefficient (Wildman–Crippen LogP) is 2.52. The first-order valence-corrected chi connectivity index (χ1v) is 7.77. The molecule has 0 aliphatic carbocycles. The van der Waals surface area contributed by atoms with Crippen LogP contribution < -0.4 is 15.9 Å². The number of aromatic hydroxyl groups is 1. The van der Waals surface area contributed by atoms with Crippen molar-refractivity contribution in [1.29, 1.82) is 0 Å². The zero-order valence-electron chi connectivity index (χ0n) is 13.3. The molecule has 128 valence electrons. The van der Waals surface area contributed by atoms with Crippen LogP contribution in [0.1, 0.15) is 0 Å². The number of carbonyl (C=O) groups is 1. The van der Waals surface area contributed by atoms with E-state index >= 15 is 0 Å². The number of primary amides is 1. The Labute approximate surface area is 148 Å². The predicted molar refractivity (Wildman–Crippen MR) is 96.1 cm³/mol. The molecule has 0 fully saturated rings. The Balaban J connectivity index is 2.40. The molecule has 0 bridgehead atoms. The molecule has 3 aromatic rings. The highest BCUT2D eigenvalue weighted by Gasteiger charge is 2.16. The number of pyridine rings is 1. The Morgan fingerprint density at radius 2 is 2.08 bits per heavy atom. The van der Waals surface area contributed by atoms with Crippen molar-refractivity contribution in [3.05, 3.63) is 57.8 Å². The fraction of sp³-hybridized carbons (Fsp3) is 0.111. The molecule has 3 N–H and O–H groups in total. The normalized spacial score (nSPS) is 10.8. The zero-order chi connectivity index (χ0) is 18.1. The summed E-state index contributed by atoms with van der Waals surface area (Å²) in [7, 11) is 1.44. The Bertz CT molecular complexity index is 1040. The SMILES string of the molecule is COc1cc(O)c2c(=O)c(-c3cccc(Cl)c3)cn(CC(N)=O)c2c1. The largest absolute Gasteiger partial charge is 0.507 e. The lowest BCUT2D eigenvalue weighted by atomic mass is 10.0. The summed E-state index contributed by atoms with van der Waals surface area (Å²) in [5.74, 6) is -0.455. The van der Waals surface area contributed by atoms with E-state index in [0.29, 0.717) is 27.4 Å². The van der Waals surface area contributed by atoms with Gasteiger partial charge in [0.2, 0.25) is 11.3 Å². The van der Waals surface area contributed by atoms with Crippen LogP contribution in [0, 0.1) is 0 Å². The zero-order valence-corrected chi connectivity index (χ0v) is 14.1. The molecule has 0 unspecified atom stereocenters. The summed E-state index contributed by atoms with van der Waals surface area (Å²) < 4.78 is 6.64. The van der Waals surface area contributed by atoms with Gasteiger partial charge in [-0.15, -0.1) is 0 Å². The fourth-order valence-corrected chi connectivity index (χ4v) is 2.93. The number of halogens is 1. The van der Waals surface area contributed by atoms with Crippen molar-refractivity contribution in [2.75, 3.05) is 7.11 Å². The van der Waals surface area contributed by atoms with Crippen molar-refractivity contribution in [2.24, 2.45) is 5.73 Å². The van der Waals surface area contributed by atoms with Gasteiger partial charge in [-0.1, -0.05) is 23.7 Å². The number of ether oxygens (including phenoxy) is 1. The van der Waals surface area contributed by atoms with Gasteiger partial charge < -0.3 is 20.1 Å². The van der Waals surface area contributed by atoms with Crippen LogP contribution in [0.4, 0.5) is 0 Å². The number of nitrogens with two attached hydrogens (primary N) is 1. The van der Waals surface area contributed by atoms with Gasteiger partial charge in [-0.25, -0.2) is 0 Å². The molecular weight excluding hydrogens is 344 g/mol. The molecule has 25 heavy (non-hydrogen) atoms. The number of nitrogens with zero attached hydrogens (tertiary/aromatic N) is 1. The summed E-state index contributed by atoms with van der Waals surface area (Å²) >= 11 is 6.01. The van der Waals surface area contributed by atoms with Gasteiger partial charge in [0.05, 0.1) is 18.0 Å². The molecule has 0 saturated carbocycles. The number of methoxy groups -OCH3 is 1. The van der Waals surface area contributed by atoms with Crippen molar-refractivity contribution in [2.45, 2.75) is 6.54 Å². The molecule has 0 atom stereocenters. The average Bonchev–Trinajstić information content (AvgIpc) is 2.56. The summed E-state index contributed by atoms with van der Waals surface area (Å²) in [5.41, 5.74) is 6.18. The smallest absolute Gasteiger partial charge is 0.237 e. The summed E-state index contributed by atoms with van der Waals surface area (Å²) in [6.07, 6.45) is 1.53. The number of aromatic nitrogens is 1. The average molecular weight is 359 g/mol. The number of benzene rings is 2. The third-order valence-electron chi connectivity index (χ3n) is 3.83. The second-order valence-electron chi connectivity index (χ2n) is 5.52. The molecule has 2 aromatic carbocycles. The lowest BCUT2D eigenvalue weighted by molar-refractivity contribution is -0.118. The third-order valence-corrected chi connectivity index (χ3v) is 4.07. The van der Waals surface area contributed by atoms with E-state index in [1.54, 1.807) is 30.3 Å². The first kappa shape index (κ1) is 16.9. The molecule has 0 aliphatic rings. The van der Waals surface area contributed by atoms with E-state index in [1.165, 1.54) is 23.9 Å². The lowest BCUT2D eigenvalue weighted by Crippen LogP contribution is -2.21. The minimum absolute atomic E-state index is 0.0829. The van der Waals surface area contributed by atoms with Crippen LogP contribution in [-0.4, -0.2) is 22.7 Å². The maximum Gasteiger partial charge on any atom is 0.237 e. The molecule has 1 amide bonds. The molecule has 6 nitrogen and oxygen atoms in total. The van der Waals surface area contributed by atoms with E-state index in [0.717, 1.165) is 0 Å². The molecule has 0 radical (unpaired) electrons. The van der Waals surface area contributed by atoms with Crippen molar-refractivity contribution >= 4 is 28.4 Å². The topological polar surface area (TPSA) is 94.6 Å². The number of phenols is 1. The second-order valence-corrected chi connectivity index (χ2v) is 5.95. The molecule has 0 aliphatic heterocycles. The highest BCUT2D eigenvalue weighted by atomic mass is 35.5. The number of phenolic OH excluding ortho intramolecular Hbond substituents is 1. The summed E-state index contributed by atoms with van der Waals surface area (Å²) in [5, 5.41) is 10.9. The van der Waals surface area contributed by atoms with Crippen LogP contribution in [0.15, 0.2) is 47.4 Å². The molecular formula is C18H15ClN2O4. The van der Waals surface area contributed by atoms with E-state index < -0.39 is 5.91 Å². The van der Waals surface area contributed by atoms with Crippen molar-refractivity contribution in [3.63, 3.8) is 0 Å². The lowest BCUT2D eigenvalue weighted by Gasteiger charge is -2.14. The Kier molecular flexibility index (Phi) is 4.37. The van der Waals surface area contributed by atoms with E-state index in [9.17, 15) is 14.7 Å². The Morgan fingerprint density at radius 3 is 2.72 bits per heavy atom. The molecule has 3 rings (SSSR count). The van der Waals surface area contributed by atoms with Crippen molar-refractivity contribution in [3.8, 4) is 22.6 Å². The minimum atomic E-state index is -0.579. The van der Waals surface area contributed by atoms with Gasteiger partial charge in [-0.2, -0.15) is 0 Å². The molecule has 0 spiro atoms. The van der Waals surface area contributed by atoms with Crippen LogP contribution in [0.5, 0.6) is 11.5 Å². The number of hydrogen-bond acceptors (Lipinski definition) is 4. The van der Waals surface area contributed by atoms with Crippen LogP contribution in [0.2, 0.25) is 5.02 Å². The molecule has 1 aromatic heterocycles. The first-order valence-electron chi connectivity index (χ1n) is 7.39. The third kappa shape index (κ3) is 3.16.